The predicted octanol–water partition coefficient (Wildman–Crippen LogP) is 2.53. The smallest absolute Gasteiger partial charge is 0.312 e. The normalized spacial score (nSPS) is 32.7. The number of aliphatic carboxylic acids is 1. The molecule has 0 aliphatic carbocycles. The number of carboxylic acid groups (broad SMARTS) is 1. The molecule has 3 rings (SSSR count). The van der Waals surface area contributed by atoms with Gasteiger partial charge in [0.25, 0.3) is 0 Å². The number of hydrogen-bond donors (Lipinski definition) is 1. The second-order valence-electron chi connectivity index (χ2n) is 5.38. The highest BCUT2D eigenvalue weighted by molar-refractivity contribution is 5.76. The molecule has 1 N–H and O–H groups in total. The highest BCUT2D eigenvalue weighted by atomic mass is 19.2. The Morgan fingerprint density at radius 2 is 2.21 bits per heavy atom. The lowest BCUT2D eigenvalue weighted by molar-refractivity contribution is -0.152. The van der Waals surface area contributed by atoms with Gasteiger partial charge in [-0.05, 0) is 37.3 Å². The molecule has 2 aliphatic rings. The van der Waals surface area contributed by atoms with Gasteiger partial charge in [-0.2, -0.15) is 0 Å². The molecule has 5 heteroatoms. The van der Waals surface area contributed by atoms with Crippen molar-refractivity contribution in [3.05, 3.63) is 35.4 Å². The number of ether oxygens (including phenoxy) is 1. The summed E-state index contributed by atoms with van der Waals surface area (Å²) in [5.41, 5.74) is -1.00. The van der Waals surface area contributed by atoms with Crippen LogP contribution in [-0.4, -0.2) is 23.3 Å². The molecule has 19 heavy (non-hydrogen) atoms. The van der Waals surface area contributed by atoms with Gasteiger partial charge in [0.15, 0.2) is 11.6 Å². The maximum absolute atomic E-state index is 13.7. The van der Waals surface area contributed by atoms with E-state index in [1.165, 1.54) is 12.1 Å². The van der Waals surface area contributed by atoms with Gasteiger partial charge in [-0.3, -0.25) is 4.79 Å². The fraction of sp³-hybridized carbons (Fsp3) is 0.500. The predicted molar refractivity (Wildman–Crippen MR) is 62.6 cm³/mol. The number of carbonyl (C=O) groups is 1. The number of fused-ring (bicyclic) bond motifs is 2. The van der Waals surface area contributed by atoms with Gasteiger partial charge in [0.1, 0.15) is 5.41 Å². The molecule has 3 atom stereocenters. The van der Waals surface area contributed by atoms with Crippen molar-refractivity contribution >= 4 is 5.97 Å². The van der Waals surface area contributed by atoms with E-state index in [9.17, 15) is 18.7 Å². The van der Waals surface area contributed by atoms with E-state index >= 15 is 0 Å². The summed E-state index contributed by atoms with van der Waals surface area (Å²) in [5.74, 6) is -2.88. The van der Waals surface area contributed by atoms with Crippen LogP contribution >= 0.6 is 0 Å². The van der Waals surface area contributed by atoms with Crippen LogP contribution in [0.1, 0.15) is 24.8 Å². The summed E-state index contributed by atoms with van der Waals surface area (Å²) in [5, 5.41) is 9.51. The van der Waals surface area contributed by atoms with Crippen molar-refractivity contribution in [2.24, 2.45) is 5.41 Å². The molecule has 1 aromatic rings. The summed E-state index contributed by atoms with van der Waals surface area (Å²) in [6.07, 6.45) is 1.44. The molecule has 1 aromatic carbocycles. The third-order valence-electron chi connectivity index (χ3n) is 4.28. The van der Waals surface area contributed by atoms with Crippen LogP contribution in [0.5, 0.6) is 0 Å². The molecule has 0 amide bonds. The lowest BCUT2D eigenvalue weighted by Crippen LogP contribution is -2.42. The quantitative estimate of drug-likeness (QED) is 0.916. The number of hydrogen-bond acceptors (Lipinski definition) is 2. The standard InChI is InChI=1S/C14H14F2O3/c15-10-3-1-2-8(12(10)16)6-14(13(17)18)7-9-4-5-11(14)19-9/h1-3,9,11H,4-7H2,(H,17,18). The molecule has 102 valence electrons. The molecule has 0 spiro atoms. The zero-order chi connectivity index (χ0) is 13.6. The largest absolute Gasteiger partial charge is 0.481 e. The van der Waals surface area contributed by atoms with Gasteiger partial charge in [-0.15, -0.1) is 0 Å². The van der Waals surface area contributed by atoms with Crippen LogP contribution in [0, 0.1) is 17.0 Å². The van der Waals surface area contributed by atoms with Crippen LogP contribution in [0.15, 0.2) is 18.2 Å². The van der Waals surface area contributed by atoms with Gasteiger partial charge < -0.3 is 9.84 Å². The molecule has 0 aromatic heterocycles. The van der Waals surface area contributed by atoms with E-state index in [1.54, 1.807) is 0 Å². The Hall–Kier alpha value is -1.49. The van der Waals surface area contributed by atoms with Crippen molar-refractivity contribution in [1.82, 2.24) is 0 Å². The van der Waals surface area contributed by atoms with E-state index < -0.39 is 29.1 Å². The molecule has 3 nitrogen and oxygen atoms in total. The van der Waals surface area contributed by atoms with Crippen LogP contribution in [0.25, 0.3) is 0 Å². The van der Waals surface area contributed by atoms with E-state index in [0.717, 1.165) is 12.5 Å². The highest BCUT2D eigenvalue weighted by Gasteiger charge is 2.57. The summed E-state index contributed by atoms with van der Waals surface area (Å²) < 4.78 is 32.5. The third kappa shape index (κ3) is 1.84. The first kappa shape index (κ1) is 12.5. The first-order valence-corrected chi connectivity index (χ1v) is 6.35. The fourth-order valence-electron chi connectivity index (χ4n) is 3.31. The molecule has 2 fully saturated rings. The monoisotopic (exact) mass is 268 g/mol. The van der Waals surface area contributed by atoms with Gasteiger partial charge in [-0.25, -0.2) is 8.78 Å². The summed E-state index contributed by atoms with van der Waals surface area (Å²) in [6, 6.07) is 3.87. The zero-order valence-electron chi connectivity index (χ0n) is 10.2. The average molecular weight is 268 g/mol. The van der Waals surface area contributed by atoms with E-state index in [2.05, 4.69) is 0 Å². The van der Waals surface area contributed by atoms with Crippen LogP contribution in [-0.2, 0) is 16.0 Å². The van der Waals surface area contributed by atoms with Crippen molar-refractivity contribution in [2.45, 2.75) is 37.9 Å². The van der Waals surface area contributed by atoms with Gasteiger partial charge in [-0.1, -0.05) is 12.1 Å². The first-order valence-electron chi connectivity index (χ1n) is 6.35. The van der Waals surface area contributed by atoms with E-state index in [4.69, 9.17) is 4.74 Å². The lowest BCUT2D eigenvalue weighted by atomic mass is 9.70. The maximum atomic E-state index is 13.7. The van der Waals surface area contributed by atoms with Crippen LogP contribution in [0.4, 0.5) is 8.78 Å². The SMILES string of the molecule is O=C(O)C1(Cc2cccc(F)c2F)CC2CCC1O2. The Balaban J connectivity index is 1.95. The van der Waals surface area contributed by atoms with Crippen molar-refractivity contribution in [1.29, 1.82) is 0 Å². The number of halogens is 2. The molecule has 2 saturated heterocycles. The number of rotatable bonds is 3. The van der Waals surface area contributed by atoms with Crippen LogP contribution < -0.4 is 0 Å². The van der Waals surface area contributed by atoms with Gasteiger partial charge in [0, 0.05) is 0 Å². The number of benzene rings is 1. The number of carboxylic acids is 1. The minimum absolute atomic E-state index is 0.0207. The van der Waals surface area contributed by atoms with Crippen molar-refractivity contribution in [3.8, 4) is 0 Å². The molecule has 0 radical (unpaired) electrons. The summed E-state index contributed by atoms with van der Waals surface area (Å²) in [7, 11) is 0. The Labute approximate surface area is 109 Å². The molecule has 2 aliphatic heterocycles. The Morgan fingerprint density at radius 1 is 1.42 bits per heavy atom. The molecule has 2 bridgehead atoms. The van der Waals surface area contributed by atoms with Gasteiger partial charge in [0.05, 0.1) is 12.2 Å². The minimum atomic E-state index is -1.11. The molecule has 0 saturated carbocycles. The molecular weight excluding hydrogens is 254 g/mol. The van der Waals surface area contributed by atoms with E-state index in [1.807, 2.05) is 0 Å². The summed E-state index contributed by atoms with van der Waals surface area (Å²) in [4.78, 5) is 11.6. The Kier molecular flexibility index (Phi) is 2.82. The van der Waals surface area contributed by atoms with Gasteiger partial charge >= 0.3 is 5.97 Å². The second-order valence-corrected chi connectivity index (χ2v) is 5.38. The maximum Gasteiger partial charge on any atom is 0.312 e. The molecule has 2 heterocycles. The van der Waals surface area contributed by atoms with Crippen molar-refractivity contribution in [2.75, 3.05) is 0 Å². The van der Waals surface area contributed by atoms with Crippen LogP contribution in [0.3, 0.4) is 0 Å². The van der Waals surface area contributed by atoms with Gasteiger partial charge in [0.2, 0.25) is 0 Å². The topological polar surface area (TPSA) is 46.5 Å². The zero-order valence-corrected chi connectivity index (χ0v) is 10.2. The third-order valence-corrected chi connectivity index (χ3v) is 4.28. The van der Waals surface area contributed by atoms with Crippen LogP contribution in [0.2, 0.25) is 0 Å². The first-order chi connectivity index (χ1) is 9.03. The fourth-order valence-corrected chi connectivity index (χ4v) is 3.31. The summed E-state index contributed by atoms with van der Waals surface area (Å²) in [6.45, 7) is 0. The Morgan fingerprint density at radius 3 is 2.79 bits per heavy atom. The lowest BCUT2D eigenvalue weighted by Gasteiger charge is -2.31. The second kappa shape index (κ2) is 4.27. The minimum Gasteiger partial charge on any atom is -0.481 e. The summed E-state index contributed by atoms with van der Waals surface area (Å²) >= 11 is 0. The Bertz CT molecular complexity index is 531. The van der Waals surface area contributed by atoms with Crippen molar-refractivity contribution < 1.29 is 23.4 Å². The molecular formula is C14H14F2O3. The highest BCUT2D eigenvalue weighted by Crippen LogP contribution is 2.50. The molecule has 3 unspecified atom stereocenters. The van der Waals surface area contributed by atoms with Crippen molar-refractivity contribution in [3.63, 3.8) is 0 Å². The average Bonchev–Trinajstić information content (AvgIpc) is 2.96. The van der Waals surface area contributed by atoms with E-state index in [-0.39, 0.29) is 18.1 Å². The van der Waals surface area contributed by atoms with E-state index in [0.29, 0.717) is 12.8 Å².